The van der Waals surface area contributed by atoms with Crippen molar-refractivity contribution in [3.63, 3.8) is 0 Å². The summed E-state index contributed by atoms with van der Waals surface area (Å²) in [5, 5.41) is 6.31. The number of nitrogens with one attached hydrogen (secondary N) is 2. The highest BCUT2D eigenvalue weighted by Crippen LogP contribution is 1.78. The molecule has 0 amide bonds. The highest BCUT2D eigenvalue weighted by molar-refractivity contribution is 4.69. The summed E-state index contributed by atoms with van der Waals surface area (Å²) in [4.78, 5) is 0. The van der Waals surface area contributed by atoms with Gasteiger partial charge in [-0.25, -0.2) is 0 Å². The molecule has 0 spiro atoms. The SMILES string of the molecule is C=CCNCCOCCOCCNCC=C. The van der Waals surface area contributed by atoms with Crippen LogP contribution in [0, 0.1) is 0 Å². The molecule has 0 saturated carbocycles. The predicted molar refractivity (Wildman–Crippen MR) is 67.8 cm³/mol. The van der Waals surface area contributed by atoms with E-state index < -0.39 is 0 Å². The fourth-order valence-corrected chi connectivity index (χ4v) is 1.02. The van der Waals surface area contributed by atoms with Crippen molar-refractivity contribution in [2.24, 2.45) is 0 Å². The molecule has 0 fully saturated rings. The summed E-state index contributed by atoms with van der Waals surface area (Å²) >= 11 is 0. The normalized spacial score (nSPS) is 10.2. The number of hydrogen-bond donors (Lipinski definition) is 2. The minimum atomic E-state index is 0.650. The van der Waals surface area contributed by atoms with Crippen molar-refractivity contribution in [3.05, 3.63) is 25.3 Å². The van der Waals surface area contributed by atoms with Crippen LogP contribution in [0.1, 0.15) is 0 Å². The Kier molecular flexibility index (Phi) is 13.7. The van der Waals surface area contributed by atoms with Crippen molar-refractivity contribution in [1.82, 2.24) is 10.6 Å². The fraction of sp³-hybridized carbons (Fsp3) is 0.667. The van der Waals surface area contributed by atoms with Crippen molar-refractivity contribution in [3.8, 4) is 0 Å². The Balaban J connectivity index is 2.87. The van der Waals surface area contributed by atoms with Crippen LogP contribution in [-0.4, -0.2) is 52.6 Å². The van der Waals surface area contributed by atoms with Gasteiger partial charge in [-0.1, -0.05) is 12.2 Å². The lowest BCUT2D eigenvalue weighted by molar-refractivity contribution is 0.0503. The minimum absolute atomic E-state index is 0.650. The van der Waals surface area contributed by atoms with Gasteiger partial charge in [-0.3, -0.25) is 0 Å². The quantitative estimate of drug-likeness (QED) is 0.357. The Hall–Kier alpha value is -0.680. The van der Waals surface area contributed by atoms with Crippen molar-refractivity contribution in [2.75, 3.05) is 52.6 Å². The van der Waals surface area contributed by atoms with Crippen LogP contribution in [0.5, 0.6) is 0 Å². The molecule has 0 atom stereocenters. The standard InChI is InChI=1S/C12H24N2O2/c1-3-5-13-7-9-15-11-12-16-10-8-14-6-4-2/h3-4,13-14H,1-2,5-12H2. The third-order valence-electron chi connectivity index (χ3n) is 1.80. The van der Waals surface area contributed by atoms with Crippen LogP contribution in [0.15, 0.2) is 25.3 Å². The first kappa shape index (κ1) is 15.3. The maximum absolute atomic E-state index is 5.35. The first-order valence-electron chi connectivity index (χ1n) is 5.70. The first-order valence-corrected chi connectivity index (χ1v) is 5.70. The van der Waals surface area contributed by atoms with Gasteiger partial charge < -0.3 is 20.1 Å². The molecular formula is C12H24N2O2. The van der Waals surface area contributed by atoms with E-state index in [-0.39, 0.29) is 0 Å². The highest BCUT2D eigenvalue weighted by Gasteiger charge is 1.89. The molecule has 0 radical (unpaired) electrons. The van der Waals surface area contributed by atoms with Crippen LogP contribution in [0.2, 0.25) is 0 Å². The Labute approximate surface area is 98.7 Å². The maximum Gasteiger partial charge on any atom is 0.0701 e. The second-order valence-electron chi connectivity index (χ2n) is 3.21. The molecular weight excluding hydrogens is 204 g/mol. The predicted octanol–water partition coefficient (Wildman–Crippen LogP) is 0.571. The van der Waals surface area contributed by atoms with Crippen LogP contribution in [0.4, 0.5) is 0 Å². The topological polar surface area (TPSA) is 42.5 Å². The van der Waals surface area contributed by atoms with E-state index in [2.05, 4.69) is 23.8 Å². The average Bonchev–Trinajstić information content (AvgIpc) is 2.31. The Bertz CT molecular complexity index is 145. The van der Waals surface area contributed by atoms with Gasteiger partial charge in [0.15, 0.2) is 0 Å². The van der Waals surface area contributed by atoms with E-state index in [9.17, 15) is 0 Å². The summed E-state index contributed by atoms with van der Waals surface area (Å²) in [6, 6.07) is 0. The fourth-order valence-electron chi connectivity index (χ4n) is 1.02. The van der Waals surface area contributed by atoms with Crippen molar-refractivity contribution < 1.29 is 9.47 Å². The van der Waals surface area contributed by atoms with Crippen LogP contribution in [0.3, 0.4) is 0 Å². The van der Waals surface area contributed by atoms with Crippen molar-refractivity contribution in [1.29, 1.82) is 0 Å². The highest BCUT2D eigenvalue weighted by atomic mass is 16.5. The molecule has 0 aliphatic rings. The van der Waals surface area contributed by atoms with Gasteiger partial charge in [-0.2, -0.15) is 0 Å². The smallest absolute Gasteiger partial charge is 0.0701 e. The van der Waals surface area contributed by atoms with E-state index in [0.717, 1.165) is 26.2 Å². The molecule has 0 heterocycles. The van der Waals surface area contributed by atoms with Crippen molar-refractivity contribution in [2.45, 2.75) is 0 Å². The van der Waals surface area contributed by atoms with Crippen LogP contribution < -0.4 is 10.6 Å². The monoisotopic (exact) mass is 228 g/mol. The van der Waals surface area contributed by atoms with Gasteiger partial charge in [0.1, 0.15) is 0 Å². The van der Waals surface area contributed by atoms with Gasteiger partial charge >= 0.3 is 0 Å². The van der Waals surface area contributed by atoms with Crippen LogP contribution >= 0.6 is 0 Å². The molecule has 0 bridgehead atoms. The zero-order valence-corrected chi connectivity index (χ0v) is 10.0. The molecule has 0 aliphatic carbocycles. The molecule has 0 aromatic carbocycles. The number of hydrogen-bond acceptors (Lipinski definition) is 4. The van der Waals surface area contributed by atoms with Gasteiger partial charge in [-0.05, 0) is 0 Å². The summed E-state index contributed by atoms with van der Waals surface area (Å²) in [6.45, 7) is 13.3. The molecule has 0 saturated heterocycles. The van der Waals surface area contributed by atoms with E-state index in [1.807, 2.05) is 12.2 Å². The van der Waals surface area contributed by atoms with E-state index in [1.165, 1.54) is 0 Å². The van der Waals surface area contributed by atoms with Gasteiger partial charge in [0, 0.05) is 26.2 Å². The molecule has 4 nitrogen and oxygen atoms in total. The Morgan fingerprint density at radius 2 is 1.19 bits per heavy atom. The second-order valence-corrected chi connectivity index (χ2v) is 3.21. The van der Waals surface area contributed by atoms with E-state index >= 15 is 0 Å². The third-order valence-corrected chi connectivity index (χ3v) is 1.80. The van der Waals surface area contributed by atoms with Gasteiger partial charge in [0.25, 0.3) is 0 Å². The second kappa shape index (κ2) is 14.3. The molecule has 0 aliphatic heterocycles. The minimum Gasteiger partial charge on any atom is -0.378 e. The molecule has 16 heavy (non-hydrogen) atoms. The molecule has 0 unspecified atom stereocenters. The third kappa shape index (κ3) is 13.3. The summed E-state index contributed by atoms with van der Waals surface area (Å²) in [7, 11) is 0. The summed E-state index contributed by atoms with van der Waals surface area (Å²) in [5.41, 5.74) is 0. The molecule has 4 heteroatoms. The lowest BCUT2D eigenvalue weighted by Crippen LogP contribution is -2.22. The first-order chi connectivity index (χ1) is 7.91. The number of rotatable bonds is 13. The van der Waals surface area contributed by atoms with Crippen LogP contribution in [0.25, 0.3) is 0 Å². The van der Waals surface area contributed by atoms with E-state index in [0.29, 0.717) is 26.4 Å². The lowest BCUT2D eigenvalue weighted by Gasteiger charge is -2.06. The molecule has 0 aromatic heterocycles. The largest absolute Gasteiger partial charge is 0.378 e. The summed E-state index contributed by atoms with van der Waals surface area (Å²) in [6.07, 6.45) is 3.67. The molecule has 2 N–H and O–H groups in total. The number of ether oxygens (including phenoxy) is 2. The summed E-state index contributed by atoms with van der Waals surface area (Å²) in [5.74, 6) is 0. The maximum atomic E-state index is 5.35. The Morgan fingerprint density at radius 1 is 0.750 bits per heavy atom. The Morgan fingerprint density at radius 3 is 1.56 bits per heavy atom. The van der Waals surface area contributed by atoms with Gasteiger partial charge in [0.05, 0.1) is 26.4 Å². The molecule has 0 rings (SSSR count). The van der Waals surface area contributed by atoms with Gasteiger partial charge in [-0.15, -0.1) is 13.2 Å². The lowest BCUT2D eigenvalue weighted by atomic mass is 10.6. The average molecular weight is 228 g/mol. The van der Waals surface area contributed by atoms with Crippen molar-refractivity contribution >= 4 is 0 Å². The van der Waals surface area contributed by atoms with E-state index in [1.54, 1.807) is 0 Å². The van der Waals surface area contributed by atoms with E-state index in [4.69, 9.17) is 9.47 Å². The van der Waals surface area contributed by atoms with Gasteiger partial charge in [0.2, 0.25) is 0 Å². The van der Waals surface area contributed by atoms with Crippen LogP contribution in [-0.2, 0) is 9.47 Å². The molecule has 94 valence electrons. The zero-order valence-electron chi connectivity index (χ0n) is 10.0. The zero-order chi connectivity index (χ0) is 11.9. The summed E-state index contributed by atoms with van der Waals surface area (Å²) < 4.78 is 10.7. The molecule has 0 aromatic rings.